The number of amides is 2. The summed E-state index contributed by atoms with van der Waals surface area (Å²) in [5.74, 6) is -4.10. The second-order valence-corrected chi connectivity index (χ2v) is 12.5. The van der Waals surface area contributed by atoms with Crippen molar-refractivity contribution in [3.8, 4) is 0 Å². The number of carbonyl (C=O) groups is 7. The molecule has 19 nitrogen and oxygen atoms in total. The highest BCUT2D eigenvalue weighted by Crippen LogP contribution is 2.34. The lowest BCUT2D eigenvalue weighted by Gasteiger charge is -2.46. The number of rotatable bonds is 15. The van der Waals surface area contributed by atoms with Crippen LogP contribution in [0.2, 0.25) is 0 Å². The Morgan fingerprint density at radius 1 is 0.536 bits per heavy atom. The Labute approximate surface area is 321 Å². The second kappa shape index (κ2) is 20.8. The number of alkyl carbamates (subject to hydrolysis) is 2. The maximum atomic E-state index is 13.4. The molecule has 0 aliphatic carbocycles. The average molecular weight is 789 g/mol. The number of benzene rings is 2. The summed E-state index contributed by atoms with van der Waals surface area (Å²) in [6.07, 6.45) is -14.0. The fraction of sp³-hybridized carbons (Fsp3) is 0.486. The van der Waals surface area contributed by atoms with Crippen LogP contribution in [0.15, 0.2) is 60.7 Å². The van der Waals surface area contributed by atoms with Crippen molar-refractivity contribution in [2.24, 2.45) is 0 Å². The predicted octanol–water partition coefficient (Wildman–Crippen LogP) is 1.96. The number of hydrogen-bond donors (Lipinski definition) is 2. The molecule has 0 radical (unpaired) electrons. The van der Waals surface area contributed by atoms with Gasteiger partial charge in [0.2, 0.25) is 6.29 Å². The monoisotopic (exact) mass is 788 g/mol. The molecule has 9 atom stereocenters. The Bertz CT molecular complexity index is 1680. The average Bonchev–Trinajstić information content (AvgIpc) is 3.44. The van der Waals surface area contributed by atoms with Gasteiger partial charge in [-0.05, 0) is 11.1 Å². The van der Waals surface area contributed by atoms with Gasteiger partial charge in [-0.25, -0.2) is 9.59 Å². The molecule has 2 aromatic rings. The van der Waals surface area contributed by atoms with Gasteiger partial charge in [0.15, 0.2) is 24.6 Å². The van der Waals surface area contributed by atoms with Crippen molar-refractivity contribution < 1.29 is 80.9 Å². The molecule has 0 bridgehead atoms. The molecular formula is C37H44N2O17. The standard InChI is InChI=1S/C37H44N2O17/c1-20(40)47-19-28-31(33(52-23(4)43)35(55-28)53-24(5)44)56-34-29(39-37(46)49-18-26-14-10-7-11-15-26)32(51-22(3)42)30(50-21(2)41)27(54-34)16-38-36(45)48-17-25-12-8-6-9-13-25/h6-15,27-35H,16-19H2,1-5H3,(H,38,45)(H,39,46)/t27-,28+,29+,30+,31+,32+,33+,34+,35?/m0/s1. The maximum Gasteiger partial charge on any atom is 0.407 e. The van der Waals surface area contributed by atoms with Crippen LogP contribution in [0.25, 0.3) is 0 Å². The molecule has 2 saturated heterocycles. The van der Waals surface area contributed by atoms with E-state index in [1.807, 2.05) is 0 Å². The highest BCUT2D eigenvalue weighted by Gasteiger charge is 2.56. The van der Waals surface area contributed by atoms with Gasteiger partial charge in [0.1, 0.15) is 44.2 Å². The molecule has 2 aliphatic heterocycles. The first-order valence-electron chi connectivity index (χ1n) is 17.4. The van der Waals surface area contributed by atoms with Crippen molar-refractivity contribution in [3.63, 3.8) is 0 Å². The van der Waals surface area contributed by atoms with E-state index < -0.39 is 110 Å². The summed E-state index contributed by atoms with van der Waals surface area (Å²) in [5.41, 5.74) is 1.33. The largest absolute Gasteiger partial charge is 0.463 e. The van der Waals surface area contributed by atoms with Crippen molar-refractivity contribution in [1.82, 2.24) is 10.6 Å². The van der Waals surface area contributed by atoms with E-state index in [0.717, 1.165) is 34.6 Å². The van der Waals surface area contributed by atoms with Gasteiger partial charge in [0.05, 0.1) is 6.54 Å². The zero-order chi connectivity index (χ0) is 40.8. The molecule has 0 aromatic heterocycles. The number of nitrogens with one attached hydrogen (secondary N) is 2. The first-order chi connectivity index (χ1) is 26.7. The third-order valence-electron chi connectivity index (χ3n) is 8.00. The fourth-order valence-corrected chi connectivity index (χ4v) is 5.78. The van der Waals surface area contributed by atoms with Crippen LogP contribution in [0, 0.1) is 0 Å². The Kier molecular flexibility index (Phi) is 15.9. The summed E-state index contributed by atoms with van der Waals surface area (Å²) >= 11 is 0. The number of esters is 5. The molecule has 2 N–H and O–H groups in total. The lowest BCUT2D eigenvalue weighted by Crippen LogP contribution is -2.68. The first kappa shape index (κ1) is 42.9. The van der Waals surface area contributed by atoms with Crippen molar-refractivity contribution in [3.05, 3.63) is 71.8 Å². The van der Waals surface area contributed by atoms with Gasteiger partial charge in [-0.2, -0.15) is 0 Å². The van der Waals surface area contributed by atoms with E-state index in [-0.39, 0.29) is 13.2 Å². The molecule has 4 rings (SSSR count). The minimum Gasteiger partial charge on any atom is -0.463 e. The molecule has 1 unspecified atom stereocenters. The molecule has 2 fully saturated rings. The van der Waals surface area contributed by atoms with E-state index in [4.69, 9.17) is 47.4 Å². The number of carbonyl (C=O) groups excluding carboxylic acids is 7. The summed E-state index contributed by atoms with van der Waals surface area (Å²) in [6.45, 7) is 4.22. The van der Waals surface area contributed by atoms with Crippen LogP contribution >= 0.6 is 0 Å². The summed E-state index contributed by atoms with van der Waals surface area (Å²) in [4.78, 5) is 87.3. The molecule has 2 aliphatic rings. The van der Waals surface area contributed by atoms with Crippen LogP contribution in [0.4, 0.5) is 9.59 Å². The molecule has 2 amide bonds. The van der Waals surface area contributed by atoms with Gasteiger partial charge in [-0.3, -0.25) is 24.0 Å². The topological polar surface area (TPSA) is 236 Å². The predicted molar refractivity (Wildman–Crippen MR) is 185 cm³/mol. The molecule has 0 spiro atoms. The molecular weight excluding hydrogens is 744 g/mol. The molecule has 19 heteroatoms. The molecule has 304 valence electrons. The van der Waals surface area contributed by atoms with Gasteiger partial charge >= 0.3 is 42.0 Å². The molecule has 2 heterocycles. The summed E-state index contributed by atoms with van der Waals surface area (Å²) < 4.78 is 56.2. The summed E-state index contributed by atoms with van der Waals surface area (Å²) in [7, 11) is 0. The van der Waals surface area contributed by atoms with E-state index in [9.17, 15) is 33.6 Å². The van der Waals surface area contributed by atoms with Crippen molar-refractivity contribution in [2.45, 2.75) is 103 Å². The SMILES string of the molecule is CC(=O)OC[C@H]1OC(OC(C)=O)[C@H](OC(C)=O)[C@@H]1O[C@H]1O[C@@H](CNC(=O)OCc2ccccc2)[C@@H](OC(C)=O)[C@H](OC(C)=O)[C@H]1NC(=O)OCc1ccccc1. The zero-order valence-electron chi connectivity index (χ0n) is 31.2. The van der Waals surface area contributed by atoms with Crippen LogP contribution in [0.1, 0.15) is 45.7 Å². The summed E-state index contributed by atoms with van der Waals surface area (Å²) in [6, 6.07) is 15.9. The highest BCUT2D eigenvalue weighted by molar-refractivity contribution is 5.70. The smallest absolute Gasteiger partial charge is 0.407 e. The van der Waals surface area contributed by atoms with Crippen LogP contribution in [0.3, 0.4) is 0 Å². The van der Waals surface area contributed by atoms with Gasteiger partial charge < -0.3 is 58.0 Å². The molecule has 0 saturated carbocycles. The van der Waals surface area contributed by atoms with E-state index in [2.05, 4.69) is 10.6 Å². The fourth-order valence-electron chi connectivity index (χ4n) is 5.78. The zero-order valence-corrected chi connectivity index (χ0v) is 31.2. The molecule has 2 aromatic carbocycles. The van der Waals surface area contributed by atoms with Gasteiger partial charge in [0.25, 0.3) is 0 Å². The van der Waals surface area contributed by atoms with Gasteiger partial charge in [-0.1, -0.05) is 60.7 Å². The van der Waals surface area contributed by atoms with Crippen LogP contribution in [-0.4, -0.2) is 110 Å². The Hall–Kier alpha value is -5.79. The third kappa shape index (κ3) is 13.2. The van der Waals surface area contributed by atoms with Crippen molar-refractivity contribution in [1.29, 1.82) is 0 Å². The highest BCUT2D eigenvalue weighted by atomic mass is 16.8. The van der Waals surface area contributed by atoms with Gasteiger partial charge in [-0.15, -0.1) is 0 Å². The number of ether oxygens (including phenoxy) is 10. The van der Waals surface area contributed by atoms with E-state index in [1.165, 1.54) is 0 Å². The Balaban J connectivity index is 1.70. The molecule has 56 heavy (non-hydrogen) atoms. The number of hydrogen-bond acceptors (Lipinski definition) is 17. The van der Waals surface area contributed by atoms with E-state index in [1.54, 1.807) is 60.7 Å². The van der Waals surface area contributed by atoms with Crippen LogP contribution < -0.4 is 10.6 Å². The van der Waals surface area contributed by atoms with Gasteiger partial charge in [0, 0.05) is 34.6 Å². The first-order valence-corrected chi connectivity index (χ1v) is 17.4. The minimum absolute atomic E-state index is 0.0864. The quantitative estimate of drug-likeness (QED) is 0.194. The third-order valence-corrected chi connectivity index (χ3v) is 8.00. The van der Waals surface area contributed by atoms with Crippen molar-refractivity contribution >= 4 is 42.0 Å². The minimum atomic E-state index is -1.73. The van der Waals surface area contributed by atoms with Crippen LogP contribution in [-0.2, 0) is 84.6 Å². The Morgan fingerprint density at radius 2 is 1.04 bits per heavy atom. The van der Waals surface area contributed by atoms with Crippen LogP contribution in [0.5, 0.6) is 0 Å². The maximum absolute atomic E-state index is 13.4. The van der Waals surface area contributed by atoms with E-state index >= 15 is 0 Å². The van der Waals surface area contributed by atoms with Crippen molar-refractivity contribution in [2.75, 3.05) is 13.2 Å². The van der Waals surface area contributed by atoms with E-state index in [0.29, 0.717) is 11.1 Å². The Morgan fingerprint density at radius 3 is 1.57 bits per heavy atom. The normalized spacial score (nSPS) is 25.4. The lowest BCUT2D eigenvalue weighted by atomic mass is 9.95. The second-order valence-electron chi connectivity index (χ2n) is 12.5. The lowest BCUT2D eigenvalue weighted by molar-refractivity contribution is -0.289. The summed E-state index contributed by atoms with van der Waals surface area (Å²) in [5, 5.41) is 5.07.